The standard InChI is InChI=1S/C16H25N5O3/c22-7-4-17-16-19-13(12-3-8-24-11-12)9-14(20-16)18-10-15(23)21-5-1-2-6-21/h9,12,22H,1-8,10-11H2,(H2,17,18,19,20). The van der Waals surface area contributed by atoms with Gasteiger partial charge in [0, 0.05) is 38.2 Å². The lowest BCUT2D eigenvalue weighted by atomic mass is 10.0. The molecule has 8 nitrogen and oxygen atoms in total. The Morgan fingerprint density at radius 3 is 2.88 bits per heavy atom. The Morgan fingerprint density at radius 1 is 1.33 bits per heavy atom. The molecule has 0 bridgehead atoms. The van der Waals surface area contributed by atoms with Gasteiger partial charge in [-0.15, -0.1) is 0 Å². The molecule has 2 aliphatic heterocycles. The van der Waals surface area contributed by atoms with Gasteiger partial charge in [-0.3, -0.25) is 4.79 Å². The van der Waals surface area contributed by atoms with Crippen molar-refractivity contribution in [1.82, 2.24) is 14.9 Å². The maximum Gasteiger partial charge on any atom is 0.241 e. The van der Waals surface area contributed by atoms with Gasteiger partial charge < -0.3 is 25.4 Å². The second-order valence-corrected chi connectivity index (χ2v) is 6.15. The number of amides is 1. The molecule has 0 saturated carbocycles. The first-order valence-electron chi connectivity index (χ1n) is 8.59. The third-order valence-corrected chi connectivity index (χ3v) is 4.37. The van der Waals surface area contributed by atoms with E-state index in [1.807, 2.05) is 11.0 Å². The number of rotatable bonds is 7. The molecule has 0 aliphatic carbocycles. The molecule has 24 heavy (non-hydrogen) atoms. The number of carbonyl (C=O) groups excluding carboxylic acids is 1. The second kappa shape index (κ2) is 8.25. The van der Waals surface area contributed by atoms with E-state index in [2.05, 4.69) is 20.6 Å². The minimum absolute atomic E-state index is 0.0103. The van der Waals surface area contributed by atoms with Crippen LogP contribution in [0.2, 0.25) is 0 Å². The van der Waals surface area contributed by atoms with E-state index in [1.54, 1.807) is 0 Å². The third-order valence-electron chi connectivity index (χ3n) is 4.37. The van der Waals surface area contributed by atoms with Gasteiger partial charge in [-0.25, -0.2) is 4.98 Å². The number of likely N-dealkylation sites (tertiary alicyclic amines) is 1. The number of carbonyl (C=O) groups is 1. The first-order valence-corrected chi connectivity index (χ1v) is 8.59. The Labute approximate surface area is 141 Å². The largest absolute Gasteiger partial charge is 0.395 e. The molecule has 3 heterocycles. The number of ether oxygens (including phenoxy) is 1. The van der Waals surface area contributed by atoms with Crippen molar-refractivity contribution in [2.24, 2.45) is 0 Å². The monoisotopic (exact) mass is 335 g/mol. The SMILES string of the molecule is O=C(CNc1cc(C2CCOC2)nc(NCCO)n1)N1CCCC1. The van der Waals surface area contributed by atoms with E-state index in [0.717, 1.165) is 44.7 Å². The topological polar surface area (TPSA) is 99.6 Å². The molecule has 1 amide bonds. The zero-order valence-corrected chi connectivity index (χ0v) is 13.8. The van der Waals surface area contributed by atoms with E-state index >= 15 is 0 Å². The van der Waals surface area contributed by atoms with Crippen LogP contribution in [0.3, 0.4) is 0 Å². The molecule has 2 aliphatic rings. The van der Waals surface area contributed by atoms with E-state index in [1.165, 1.54) is 0 Å². The summed E-state index contributed by atoms with van der Waals surface area (Å²) in [6.45, 7) is 3.72. The highest BCUT2D eigenvalue weighted by molar-refractivity contribution is 5.80. The number of aliphatic hydroxyl groups excluding tert-OH is 1. The summed E-state index contributed by atoms with van der Waals surface area (Å²) in [7, 11) is 0. The number of nitrogens with zero attached hydrogens (tertiary/aromatic N) is 3. The van der Waals surface area contributed by atoms with Gasteiger partial charge in [0.25, 0.3) is 0 Å². The predicted molar refractivity (Wildman–Crippen MR) is 90.1 cm³/mol. The average molecular weight is 335 g/mol. The summed E-state index contributed by atoms with van der Waals surface area (Å²) in [5, 5.41) is 15.1. The van der Waals surface area contributed by atoms with Gasteiger partial charge in [0.2, 0.25) is 11.9 Å². The van der Waals surface area contributed by atoms with E-state index in [4.69, 9.17) is 9.84 Å². The molecule has 1 aromatic heterocycles. The summed E-state index contributed by atoms with van der Waals surface area (Å²) in [4.78, 5) is 22.9. The van der Waals surface area contributed by atoms with Crippen LogP contribution in [0.5, 0.6) is 0 Å². The lowest BCUT2D eigenvalue weighted by Crippen LogP contribution is -2.33. The van der Waals surface area contributed by atoms with Crippen molar-refractivity contribution in [3.63, 3.8) is 0 Å². The molecule has 1 unspecified atom stereocenters. The zero-order valence-electron chi connectivity index (χ0n) is 13.8. The fraction of sp³-hybridized carbons (Fsp3) is 0.688. The molecule has 2 saturated heterocycles. The molecule has 1 aromatic rings. The van der Waals surface area contributed by atoms with Crippen molar-refractivity contribution in [1.29, 1.82) is 0 Å². The summed E-state index contributed by atoms with van der Waals surface area (Å²) >= 11 is 0. The minimum atomic E-state index is 0.0103. The fourth-order valence-electron chi connectivity index (χ4n) is 3.02. The number of aromatic nitrogens is 2. The average Bonchev–Trinajstić information content (AvgIpc) is 3.31. The first kappa shape index (κ1) is 16.9. The first-order chi connectivity index (χ1) is 11.8. The zero-order chi connectivity index (χ0) is 16.8. The van der Waals surface area contributed by atoms with Crippen LogP contribution >= 0.6 is 0 Å². The molecule has 1 atom stereocenters. The second-order valence-electron chi connectivity index (χ2n) is 6.15. The van der Waals surface area contributed by atoms with Crippen LogP contribution in [0.1, 0.15) is 30.9 Å². The molecule has 2 fully saturated rings. The van der Waals surface area contributed by atoms with E-state index < -0.39 is 0 Å². The van der Waals surface area contributed by atoms with Crippen molar-refractivity contribution in [3.8, 4) is 0 Å². The Kier molecular flexibility index (Phi) is 5.81. The molecule has 8 heteroatoms. The number of aliphatic hydroxyl groups is 1. The summed E-state index contributed by atoms with van der Waals surface area (Å²) < 4.78 is 5.44. The molecule has 0 radical (unpaired) electrons. The van der Waals surface area contributed by atoms with Crippen LogP contribution in [0, 0.1) is 0 Å². The lowest BCUT2D eigenvalue weighted by Gasteiger charge is -2.17. The van der Waals surface area contributed by atoms with Crippen molar-refractivity contribution < 1.29 is 14.6 Å². The Morgan fingerprint density at radius 2 is 2.17 bits per heavy atom. The van der Waals surface area contributed by atoms with Crippen molar-refractivity contribution in [2.45, 2.75) is 25.2 Å². The number of anilines is 2. The minimum Gasteiger partial charge on any atom is -0.395 e. The van der Waals surface area contributed by atoms with Gasteiger partial charge in [0.05, 0.1) is 25.5 Å². The third kappa shape index (κ3) is 4.33. The predicted octanol–water partition coefficient (Wildman–Crippen LogP) is 0.419. The van der Waals surface area contributed by atoms with E-state index in [9.17, 15) is 4.79 Å². The highest BCUT2D eigenvalue weighted by atomic mass is 16.5. The quantitative estimate of drug-likeness (QED) is 0.664. The summed E-state index contributed by atoms with van der Waals surface area (Å²) in [5.74, 6) is 1.43. The smallest absolute Gasteiger partial charge is 0.241 e. The molecule has 3 N–H and O–H groups in total. The van der Waals surface area contributed by atoms with Gasteiger partial charge >= 0.3 is 0 Å². The molecular weight excluding hydrogens is 310 g/mol. The number of hydrogen-bond donors (Lipinski definition) is 3. The normalized spacial score (nSPS) is 20.4. The van der Waals surface area contributed by atoms with Gasteiger partial charge in [0.1, 0.15) is 5.82 Å². The highest BCUT2D eigenvalue weighted by Gasteiger charge is 2.21. The lowest BCUT2D eigenvalue weighted by molar-refractivity contribution is -0.128. The fourth-order valence-corrected chi connectivity index (χ4v) is 3.02. The van der Waals surface area contributed by atoms with Crippen molar-refractivity contribution in [2.75, 3.05) is 56.6 Å². The van der Waals surface area contributed by atoms with Crippen LogP contribution in [-0.4, -0.2) is 71.9 Å². The van der Waals surface area contributed by atoms with Crippen LogP contribution in [0.4, 0.5) is 11.8 Å². The molecule has 3 rings (SSSR count). The maximum absolute atomic E-state index is 12.2. The maximum atomic E-state index is 12.2. The highest BCUT2D eigenvalue weighted by Crippen LogP contribution is 2.26. The van der Waals surface area contributed by atoms with Crippen LogP contribution < -0.4 is 10.6 Å². The Bertz CT molecular complexity index is 557. The molecule has 132 valence electrons. The Balaban J connectivity index is 1.67. The van der Waals surface area contributed by atoms with Crippen LogP contribution in [-0.2, 0) is 9.53 Å². The van der Waals surface area contributed by atoms with Crippen molar-refractivity contribution >= 4 is 17.7 Å². The van der Waals surface area contributed by atoms with E-state index in [-0.39, 0.29) is 25.0 Å². The molecule has 0 aromatic carbocycles. The molecular formula is C16H25N5O3. The van der Waals surface area contributed by atoms with Crippen LogP contribution in [0.25, 0.3) is 0 Å². The summed E-state index contributed by atoms with van der Waals surface area (Å²) in [6, 6.07) is 1.89. The summed E-state index contributed by atoms with van der Waals surface area (Å²) in [5.41, 5.74) is 0.902. The van der Waals surface area contributed by atoms with Gasteiger partial charge in [-0.1, -0.05) is 0 Å². The van der Waals surface area contributed by atoms with E-state index in [0.29, 0.717) is 24.9 Å². The summed E-state index contributed by atoms with van der Waals surface area (Å²) in [6.07, 6.45) is 3.10. The number of nitrogens with one attached hydrogen (secondary N) is 2. The Hall–Kier alpha value is -1.93. The van der Waals surface area contributed by atoms with Gasteiger partial charge in [-0.2, -0.15) is 4.98 Å². The van der Waals surface area contributed by atoms with Gasteiger partial charge in [-0.05, 0) is 19.3 Å². The number of hydrogen-bond acceptors (Lipinski definition) is 7. The van der Waals surface area contributed by atoms with Crippen molar-refractivity contribution in [3.05, 3.63) is 11.8 Å². The van der Waals surface area contributed by atoms with Crippen LogP contribution in [0.15, 0.2) is 6.07 Å². The van der Waals surface area contributed by atoms with Gasteiger partial charge in [0.15, 0.2) is 0 Å². The molecule has 0 spiro atoms.